The number of aromatic amines is 1. The Morgan fingerprint density at radius 2 is 2.18 bits per heavy atom. The summed E-state index contributed by atoms with van der Waals surface area (Å²) in [5, 5.41) is 6.70. The maximum Gasteiger partial charge on any atom is 0.235 e. The second-order valence-corrected chi connectivity index (χ2v) is 4.93. The summed E-state index contributed by atoms with van der Waals surface area (Å²) in [6.07, 6.45) is 0. The first-order chi connectivity index (χ1) is 7.75. The van der Waals surface area contributed by atoms with Crippen molar-refractivity contribution >= 4 is 23.1 Å². The van der Waals surface area contributed by atoms with E-state index in [4.69, 9.17) is 18.0 Å². The minimum atomic E-state index is -0.852. The molecule has 0 aromatic carbocycles. The normalized spacial score (nSPS) is 11.3. The zero-order chi connectivity index (χ0) is 13.2. The molecule has 1 heterocycles. The van der Waals surface area contributed by atoms with Gasteiger partial charge in [0.1, 0.15) is 5.82 Å². The van der Waals surface area contributed by atoms with Gasteiger partial charge in [0, 0.05) is 7.05 Å². The van der Waals surface area contributed by atoms with Crippen LogP contribution < -0.4 is 5.73 Å². The molecule has 0 atom stereocenters. The lowest BCUT2D eigenvalue weighted by Crippen LogP contribution is -2.45. The minimum absolute atomic E-state index is 0.146. The van der Waals surface area contributed by atoms with Gasteiger partial charge in [0.05, 0.1) is 16.9 Å². The first kappa shape index (κ1) is 13.6. The summed E-state index contributed by atoms with van der Waals surface area (Å²) in [6, 6.07) is 0. The van der Waals surface area contributed by atoms with Crippen LogP contribution in [0.3, 0.4) is 0 Å². The summed E-state index contributed by atoms with van der Waals surface area (Å²) >= 11 is 4.89. The molecule has 3 N–H and O–H groups in total. The molecule has 0 saturated heterocycles. The lowest BCUT2D eigenvalue weighted by molar-refractivity contribution is -0.136. The summed E-state index contributed by atoms with van der Waals surface area (Å²) < 4.78 is 0. The van der Waals surface area contributed by atoms with Gasteiger partial charge >= 0.3 is 0 Å². The molecule has 0 fully saturated rings. The van der Waals surface area contributed by atoms with Crippen LogP contribution in [0, 0.1) is 12.3 Å². The molecule has 0 aliphatic carbocycles. The lowest BCUT2D eigenvalue weighted by atomic mass is 9.92. The number of nitrogens with two attached hydrogens (primary N) is 1. The van der Waals surface area contributed by atoms with Crippen LogP contribution in [0.5, 0.6) is 0 Å². The number of hydrogen-bond donors (Lipinski definition) is 2. The fraction of sp³-hybridized carbons (Fsp3) is 0.600. The van der Waals surface area contributed by atoms with Crippen LogP contribution in [-0.4, -0.2) is 38.0 Å². The number of aromatic nitrogens is 3. The van der Waals surface area contributed by atoms with Crippen LogP contribution in [0.4, 0.5) is 0 Å². The van der Waals surface area contributed by atoms with E-state index in [9.17, 15) is 4.79 Å². The number of carbonyl (C=O) groups is 1. The molecule has 0 radical (unpaired) electrons. The number of aryl methyl sites for hydroxylation is 1. The maximum absolute atomic E-state index is 12.1. The highest BCUT2D eigenvalue weighted by Crippen LogP contribution is 2.19. The summed E-state index contributed by atoms with van der Waals surface area (Å²) in [5.74, 6) is 1.14. The van der Waals surface area contributed by atoms with Crippen molar-refractivity contribution in [1.82, 2.24) is 20.1 Å². The molecule has 0 aliphatic rings. The van der Waals surface area contributed by atoms with E-state index in [1.54, 1.807) is 27.8 Å². The Bertz CT molecular complexity index is 440. The van der Waals surface area contributed by atoms with Crippen molar-refractivity contribution in [3.05, 3.63) is 11.6 Å². The van der Waals surface area contributed by atoms with Gasteiger partial charge in [0.2, 0.25) is 5.91 Å². The van der Waals surface area contributed by atoms with Gasteiger partial charge in [-0.3, -0.25) is 9.89 Å². The van der Waals surface area contributed by atoms with E-state index < -0.39 is 5.41 Å². The van der Waals surface area contributed by atoms with Crippen LogP contribution in [0.2, 0.25) is 0 Å². The van der Waals surface area contributed by atoms with Gasteiger partial charge < -0.3 is 10.6 Å². The molecule has 1 aromatic rings. The zero-order valence-electron chi connectivity index (χ0n) is 10.4. The van der Waals surface area contributed by atoms with E-state index in [-0.39, 0.29) is 10.9 Å². The maximum atomic E-state index is 12.1. The summed E-state index contributed by atoms with van der Waals surface area (Å²) in [4.78, 5) is 17.9. The molecule has 0 spiro atoms. The molecule has 0 saturated carbocycles. The van der Waals surface area contributed by atoms with E-state index in [2.05, 4.69) is 15.2 Å². The predicted molar refractivity (Wildman–Crippen MR) is 68.2 cm³/mol. The Morgan fingerprint density at radius 3 is 2.59 bits per heavy atom. The number of H-pyrrole nitrogens is 1. The van der Waals surface area contributed by atoms with Crippen molar-refractivity contribution in [3.63, 3.8) is 0 Å². The van der Waals surface area contributed by atoms with Crippen molar-refractivity contribution in [1.29, 1.82) is 0 Å². The van der Waals surface area contributed by atoms with Crippen molar-refractivity contribution in [2.75, 3.05) is 7.05 Å². The van der Waals surface area contributed by atoms with Gasteiger partial charge in [0.25, 0.3) is 0 Å². The Morgan fingerprint density at radius 1 is 1.59 bits per heavy atom. The minimum Gasteiger partial charge on any atom is -0.392 e. The summed E-state index contributed by atoms with van der Waals surface area (Å²) in [6.45, 7) is 5.54. The highest BCUT2D eigenvalue weighted by molar-refractivity contribution is 7.80. The summed E-state index contributed by atoms with van der Waals surface area (Å²) in [5.41, 5.74) is 4.70. The van der Waals surface area contributed by atoms with E-state index in [1.165, 1.54) is 4.90 Å². The number of hydrogen-bond acceptors (Lipinski definition) is 4. The quantitative estimate of drug-likeness (QED) is 0.760. The average molecular weight is 255 g/mol. The third-order valence-corrected chi connectivity index (χ3v) is 3.03. The highest BCUT2D eigenvalue weighted by Gasteiger charge is 2.33. The largest absolute Gasteiger partial charge is 0.392 e. The van der Waals surface area contributed by atoms with Gasteiger partial charge in [-0.25, -0.2) is 4.98 Å². The molecule has 17 heavy (non-hydrogen) atoms. The zero-order valence-corrected chi connectivity index (χ0v) is 11.3. The van der Waals surface area contributed by atoms with Gasteiger partial charge in [-0.2, -0.15) is 5.10 Å². The predicted octanol–water partition coefficient (Wildman–Crippen LogP) is 0.384. The molecular formula is C10H17N5OS. The second-order valence-electron chi connectivity index (χ2n) is 4.49. The topological polar surface area (TPSA) is 87.9 Å². The van der Waals surface area contributed by atoms with E-state index in [1.807, 2.05) is 0 Å². The van der Waals surface area contributed by atoms with E-state index in [0.717, 1.165) is 5.82 Å². The van der Waals surface area contributed by atoms with E-state index >= 15 is 0 Å². The highest BCUT2D eigenvalue weighted by atomic mass is 32.1. The molecular weight excluding hydrogens is 238 g/mol. The number of rotatable bonds is 4. The number of amides is 1. The SMILES string of the molecule is Cc1nc(CN(C)C(=O)C(C)(C)C(N)=S)n[nH]1. The smallest absolute Gasteiger partial charge is 0.235 e. The van der Waals surface area contributed by atoms with Crippen molar-refractivity contribution in [3.8, 4) is 0 Å². The van der Waals surface area contributed by atoms with Crippen molar-refractivity contribution in [2.24, 2.45) is 11.1 Å². The molecule has 1 rings (SSSR count). The Kier molecular flexibility index (Phi) is 3.82. The Balaban J connectivity index is 2.74. The van der Waals surface area contributed by atoms with Gasteiger partial charge in [-0.05, 0) is 20.8 Å². The molecule has 94 valence electrons. The van der Waals surface area contributed by atoms with Crippen LogP contribution in [0.15, 0.2) is 0 Å². The van der Waals surface area contributed by atoms with Crippen molar-refractivity contribution < 1.29 is 4.79 Å². The molecule has 7 heteroatoms. The van der Waals surface area contributed by atoms with Crippen LogP contribution in [0.1, 0.15) is 25.5 Å². The Labute approximate surface area is 106 Å². The number of nitrogens with zero attached hydrogens (tertiary/aromatic N) is 3. The first-order valence-corrected chi connectivity index (χ1v) is 5.59. The molecule has 1 aromatic heterocycles. The fourth-order valence-corrected chi connectivity index (χ4v) is 1.41. The molecule has 0 bridgehead atoms. The molecule has 6 nitrogen and oxygen atoms in total. The molecule has 1 amide bonds. The number of carbonyl (C=O) groups excluding carboxylic acids is 1. The van der Waals surface area contributed by atoms with Gasteiger partial charge in [-0.15, -0.1) is 0 Å². The second kappa shape index (κ2) is 4.79. The van der Waals surface area contributed by atoms with E-state index in [0.29, 0.717) is 12.4 Å². The summed E-state index contributed by atoms with van der Waals surface area (Å²) in [7, 11) is 1.67. The fourth-order valence-electron chi connectivity index (χ4n) is 1.33. The average Bonchev–Trinajstić information content (AvgIpc) is 2.62. The third-order valence-electron chi connectivity index (χ3n) is 2.52. The molecule has 0 unspecified atom stereocenters. The van der Waals surface area contributed by atoms with Crippen LogP contribution in [-0.2, 0) is 11.3 Å². The standard InChI is InChI=1S/C10H17N5OS/c1-6-12-7(14-13-6)5-15(4)9(16)10(2,3)8(11)17/h5H2,1-4H3,(H2,11,17)(H,12,13,14). The van der Waals surface area contributed by atoms with Crippen LogP contribution in [0.25, 0.3) is 0 Å². The third kappa shape index (κ3) is 3.00. The van der Waals surface area contributed by atoms with Gasteiger partial charge in [-0.1, -0.05) is 12.2 Å². The lowest BCUT2D eigenvalue weighted by Gasteiger charge is -2.27. The Hall–Kier alpha value is -1.50. The number of thiocarbonyl (C=S) groups is 1. The molecule has 0 aliphatic heterocycles. The number of nitrogens with one attached hydrogen (secondary N) is 1. The monoisotopic (exact) mass is 255 g/mol. The first-order valence-electron chi connectivity index (χ1n) is 5.18. The van der Waals surface area contributed by atoms with Crippen molar-refractivity contribution in [2.45, 2.75) is 27.3 Å². The van der Waals surface area contributed by atoms with Crippen LogP contribution >= 0.6 is 12.2 Å². The van der Waals surface area contributed by atoms with Gasteiger partial charge in [0.15, 0.2) is 5.82 Å².